The molecule has 0 aliphatic rings. The molecule has 0 atom stereocenters. The summed E-state index contributed by atoms with van der Waals surface area (Å²) in [5.41, 5.74) is 0. The summed E-state index contributed by atoms with van der Waals surface area (Å²) >= 11 is 0. The van der Waals surface area contributed by atoms with Crippen LogP contribution in [0.15, 0.2) is 0 Å². The van der Waals surface area contributed by atoms with Crippen molar-refractivity contribution in [3.8, 4) is 0 Å². The second-order valence-electron chi connectivity index (χ2n) is 0. The third kappa shape index (κ3) is 151. The molecular formula is H12NdO6+3. The minimum atomic E-state index is 0. The van der Waals surface area contributed by atoms with Gasteiger partial charge in [-0.3, -0.25) is 0 Å². The maximum Gasteiger partial charge on any atom is 3.00 e. The molecule has 0 spiro atoms. The summed E-state index contributed by atoms with van der Waals surface area (Å²) < 4.78 is 0. The molecule has 0 unspecified atom stereocenters. The zero-order chi connectivity index (χ0) is 0. The van der Waals surface area contributed by atoms with E-state index in [1.807, 2.05) is 0 Å². The van der Waals surface area contributed by atoms with Gasteiger partial charge in [0.25, 0.3) is 0 Å². The third-order valence-electron chi connectivity index (χ3n) is 0. The molecule has 7 heteroatoms. The summed E-state index contributed by atoms with van der Waals surface area (Å²) in [6.07, 6.45) is 0. The Morgan fingerprint density at radius 2 is 0.286 bits per heavy atom. The van der Waals surface area contributed by atoms with Crippen LogP contribution in [0.4, 0.5) is 0 Å². The van der Waals surface area contributed by atoms with E-state index < -0.39 is 0 Å². The van der Waals surface area contributed by atoms with Crippen LogP contribution in [0, 0.1) is 40.8 Å². The van der Waals surface area contributed by atoms with Crippen molar-refractivity contribution in [2.24, 2.45) is 0 Å². The third-order valence-corrected chi connectivity index (χ3v) is 0. The second-order valence-corrected chi connectivity index (χ2v) is 0. The average molecular weight is 252 g/mol. The predicted molar refractivity (Wildman–Crippen MR) is 21.7 cm³/mol. The van der Waals surface area contributed by atoms with Crippen LogP contribution >= 0.6 is 0 Å². The van der Waals surface area contributed by atoms with Gasteiger partial charge in [-0.2, -0.15) is 0 Å². The largest absolute Gasteiger partial charge is 3.00 e. The number of rotatable bonds is 0. The fraction of sp³-hybridized carbons (Fsp3) is 0. The Bertz CT molecular complexity index is 4.14. The zero-order valence-electron chi connectivity index (χ0n) is 3.50. The van der Waals surface area contributed by atoms with Gasteiger partial charge in [-0.25, -0.2) is 0 Å². The normalized spacial score (nSPS) is 0. The van der Waals surface area contributed by atoms with E-state index in [-0.39, 0.29) is 73.7 Å². The molecule has 49 valence electrons. The van der Waals surface area contributed by atoms with Gasteiger partial charge in [-0.05, 0) is 0 Å². The van der Waals surface area contributed by atoms with Crippen molar-refractivity contribution in [2.45, 2.75) is 0 Å². The number of hydrogen-bond acceptors (Lipinski definition) is 0. The molecule has 12 N–H and O–H groups in total. The Hall–Kier alpha value is 1.11. The molecule has 0 saturated heterocycles. The molecule has 0 amide bonds. The summed E-state index contributed by atoms with van der Waals surface area (Å²) in [5, 5.41) is 0. The smallest absolute Gasteiger partial charge is 0.412 e. The van der Waals surface area contributed by atoms with E-state index in [0.29, 0.717) is 0 Å². The molecule has 0 heterocycles. The van der Waals surface area contributed by atoms with Gasteiger partial charge < -0.3 is 32.9 Å². The van der Waals surface area contributed by atoms with Crippen molar-refractivity contribution >= 4 is 0 Å². The Labute approximate surface area is 73.3 Å². The minimum absolute atomic E-state index is 0. The molecule has 0 bridgehead atoms. The summed E-state index contributed by atoms with van der Waals surface area (Å²) in [6, 6.07) is 0. The summed E-state index contributed by atoms with van der Waals surface area (Å²) in [4.78, 5) is 0. The summed E-state index contributed by atoms with van der Waals surface area (Å²) in [6.45, 7) is 0. The molecule has 0 aromatic heterocycles. The average Bonchev–Trinajstić information content (AvgIpc) is 0. The Balaban J connectivity index is 0. The molecule has 0 aliphatic heterocycles. The van der Waals surface area contributed by atoms with Gasteiger partial charge in [0, 0.05) is 0 Å². The minimum Gasteiger partial charge on any atom is -0.412 e. The first-order valence-electron chi connectivity index (χ1n) is 0. The van der Waals surface area contributed by atoms with Gasteiger partial charge in [-0.1, -0.05) is 0 Å². The van der Waals surface area contributed by atoms with Crippen molar-refractivity contribution in [1.29, 1.82) is 0 Å². The first kappa shape index (κ1) is 332. The van der Waals surface area contributed by atoms with E-state index in [4.69, 9.17) is 0 Å². The van der Waals surface area contributed by atoms with Crippen LogP contribution in [0.1, 0.15) is 0 Å². The molecule has 7 heavy (non-hydrogen) atoms. The zero-order valence-corrected chi connectivity index (χ0v) is 6.71. The fourth-order valence-electron chi connectivity index (χ4n) is 0. The molecule has 0 fully saturated rings. The van der Waals surface area contributed by atoms with Crippen LogP contribution in [0.25, 0.3) is 0 Å². The predicted octanol–water partition coefficient (Wildman–Crippen LogP) is -4.95. The Morgan fingerprint density at radius 1 is 0.286 bits per heavy atom. The Kier molecular flexibility index (Phi) is 10200. The summed E-state index contributed by atoms with van der Waals surface area (Å²) in [5.74, 6) is 0. The van der Waals surface area contributed by atoms with Crippen molar-refractivity contribution < 1.29 is 73.7 Å². The first-order chi connectivity index (χ1) is 0. The molecule has 6 nitrogen and oxygen atoms in total. The van der Waals surface area contributed by atoms with Gasteiger partial charge in [-0.15, -0.1) is 0 Å². The monoisotopic (exact) mass is 250 g/mol. The first-order valence-corrected chi connectivity index (χ1v) is 0. The van der Waals surface area contributed by atoms with Crippen LogP contribution < -0.4 is 0 Å². The van der Waals surface area contributed by atoms with E-state index in [9.17, 15) is 0 Å². The quantitative estimate of drug-likeness (QED) is 0.399. The van der Waals surface area contributed by atoms with Crippen molar-refractivity contribution in [2.75, 3.05) is 0 Å². The van der Waals surface area contributed by atoms with E-state index >= 15 is 0 Å². The Morgan fingerprint density at radius 3 is 0.286 bits per heavy atom. The van der Waals surface area contributed by atoms with Gasteiger partial charge in [0.2, 0.25) is 0 Å². The van der Waals surface area contributed by atoms with Crippen molar-refractivity contribution in [3.63, 3.8) is 0 Å². The van der Waals surface area contributed by atoms with E-state index in [2.05, 4.69) is 0 Å². The summed E-state index contributed by atoms with van der Waals surface area (Å²) in [7, 11) is 0. The molecular weight excluding hydrogens is 240 g/mol. The van der Waals surface area contributed by atoms with Gasteiger partial charge >= 0.3 is 40.8 Å². The maximum atomic E-state index is 0. The van der Waals surface area contributed by atoms with Crippen molar-refractivity contribution in [1.82, 2.24) is 0 Å². The van der Waals surface area contributed by atoms with Crippen LogP contribution in [0.5, 0.6) is 0 Å². The molecule has 0 rings (SSSR count). The second kappa shape index (κ2) is 215. The van der Waals surface area contributed by atoms with Gasteiger partial charge in [0.05, 0.1) is 0 Å². The van der Waals surface area contributed by atoms with Crippen molar-refractivity contribution in [3.05, 3.63) is 0 Å². The van der Waals surface area contributed by atoms with Crippen LogP contribution in [0.3, 0.4) is 0 Å². The number of hydrogen-bond donors (Lipinski definition) is 0. The fourth-order valence-corrected chi connectivity index (χ4v) is 0. The SMILES string of the molecule is O.O.O.O.O.O.[Nd+3]. The van der Waals surface area contributed by atoms with Crippen LogP contribution in [-0.2, 0) is 0 Å². The van der Waals surface area contributed by atoms with E-state index in [1.54, 1.807) is 0 Å². The molecule has 0 aromatic rings. The topological polar surface area (TPSA) is 189 Å². The molecule has 1 radical (unpaired) electrons. The van der Waals surface area contributed by atoms with E-state index in [0.717, 1.165) is 0 Å². The molecule has 0 aliphatic carbocycles. The van der Waals surface area contributed by atoms with Crippen LogP contribution in [0.2, 0.25) is 0 Å². The van der Waals surface area contributed by atoms with Gasteiger partial charge in [0.15, 0.2) is 0 Å². The molecule has 0 saturated carbocycles. The van der Waals surface area contributed by atoms with Gasteiger partial charge in [0.1, 0.15) is 0 Å². The van der Waals surface area contributed by atoms with E-state index in [1.165, 1.54) is 0 Å². The molecule has 0 aromatic carbocycles. The van der Waals surface area contributed by atoms with Crippen LogP contribution in [-0.4, -0.2) is 32.9 Å². The standard InChI is InChI=1S/Nd.6H2O/h;6*1H2/q+3;;;;;;. The maximum absolute atomic E-state index is 0.